The van der Waals surface area contributed by atoms with Crippen molar-refractivity contribution in [1.29, 1.82) is 0 Å². The first-order valence-corrected chi connectivity index (χ1v) is 10.1. The molecule has 2 heterocycles. The van der Waals surface area contributed by atoms with Crippen molar-refractivity contribution in [3.63, 3.8) is 0 Å². The second-order valence-electron chi connectivity index (χ2n) is 6.44. The van der Waals surface area contributed by atoms with Crippen LogP contribution in [0, 0.1) is 0 Å². The van der Waals surface area contributed by atoms with Crippen molar-refractivity contribution in [1.82, 2.24) is 20.4 Å². The van der Waals surface area contributed by atoms with Crippen LogP contribution in [0.25, 0.3) is 11.0 Å². The Labute approximate surface area is 171 Å². The van der Waals surface area contributed by atoms with Gasteiger partial charge in [-0.1, -0.05) is 12.1 Å². The summed E-state index contributed by atoms with van der Waals surface area (Å²) in [6.07, 6.45) is 0.0702. The van der Waals surface area contributed by atoms with Gasteiger partial charge >= 0.3 is 0 Å². The topological polar surface area (TPSA) is 94.5 Å². The number of para-hydroxylation sites is 2. The zero-order valence-corrected chi connectivity index (χ0v) is 16.6. The number of nitrogens with one attached hydrogen (secondary N) is 2. The molecule has 150 valence electrons. The van der Waals surface area contributed by atoms with Crippen molar-refractivity contribution >= 4 is 34.6 Å². The highest BCUT2D eigenvalue weighted by atomic mass is 32.2. The highest BCUT2D eigenvalue weighted by Crippen LogP contribution is 2.34. The number of imidazole rings is 1. The lowest BCUT2D eigenvalue weighted by Gasteiger charge is -2.18. The molecule has 9 heteroatoms. The summed E-state index contributed by atoms with van der Waals surface area (Å²) in [6.45, 7) is 1.05. The standard InChI is InChI=1S/C20H20N4O4S/c1-24-15-5-3-2-4-14(15)21-18(24)11-19(25)22-23-20(26)12-29-13-6-7-16-17(10-13)28-9-8-27-16/h2-7,10H,8-9,11-12H2,1H3,(H,22,25)(H,23,26). The number of hydrogen-bond donors (Lipinski definition) is 2. The molecule has 0 spiro atoms. The maximum Gasteiger partial charge on any atom is 0.248 e. The van der Waals surface area contributed by atoms with Gasteiger partial charge in [-0.15, -0.1) is 11.8 Å². The molecule has 0 bridgehead atoms. The minimum absolute atomic E-state index is 0.0702. The Morgan fingerprint density at radius 3 is 2.66 bits per heavy atom. The van der Waals surface area contributed by atoms with E-state index in [1.807, 2.05) is 54.1 Å². The smallest absolute Gasteiger partial charge is 0.248 e. The minimum Gasteiger partial charge on any atom is -0.486 e. The van der Waals surface area contributed by atoms with Gasteiger partial charge in [-0.3, -0.25) is 20.4 Å². The SMILES string of the molecule is Cn1c(CC(=O)NNC(=O)CSc2ccc3c(c2)OCCO3)nc2ccccc21. The molecule has 1 aliphatic heterocycles. The molecule has 0 saturated heterocycles. The highest BCUT2D eigenvalue weighted by molar-refractivity contribution is 8.00. The number of amides is 2. The highest BCUT2D eigenvalue weighted by Gasteiger charge is 2.14. The molecule has 0 unspecified atom stereocenters. The molecular weight excluding hydrogens is 392 g/mol. The van der Waals surface area contributed by atoms with Crippen LogP contribution in [0.2, 0.25) is 0 Å². The molecule has 29 heavy (non-hydrogen) atoms. The average molecular weight is 412 g/mol. The molecule has 2 amide bonds. The molecule has 0 fully saturated rings. The summed E-state index contributed by atoms with van der Waals surface area (Å²) in [6, 6.07) is 13.2. The largest absolute Gasteiger partial charge is 0.486 e. The van der Waals surface area contributed by atoms with E-state index in [0.29, 0.717) is 30.5 Å². The van der Waals surface area contributed by atoms with Gasteiger partial charge < -0.3 is 14.0 Å². The number of carbonyl (C=O) groups is 2. The van der Waals surface area contributed by atoms with E-state index < -0.39 is 0 Å². The third-order valence-corrected chi connectivity index (χ3v) is 5.42. The van der Waals surface area contributed by atoms with Gasteiger partial charge in [0.2, 0.25) is 11.8 Å². The normalized spacial score (nSPS) is 12.6. The number of fused-ring (bicyclic) bond motifs is 2. The Hall–Kier alpha value is -3.20. The first-order valence-electron chi connectivity index (χ1n) is 9.10. The van der Waals surface area contributed by atoms with E-state index in [2.05, 4.69) is 15.8 Å². The molecule has 1 aromatic heterocycles. The van der Waals surface area contributed by atoms with Crippen LogP contribution in [-0.4, -0.2) is 40.3 Å². The minimum atomic E-state index is -0.332. The molecule has 4 rings (SSSR count). The fourth-order valence-corrected chi connectivity index (χ4v) is 3.70. The van der Waals surface area contributed by atoms with E-state index in [1.54, 1.807) is 0 Å². The predicted octanol–water partition coefficient (Wildman–Crippen LogP) is 1.83. The van der Waals surface area contributed by atoms with Crippen molar-refractivity contribution < 1.29 is 19.1 Å². The molecule has 0 atom stereocenters. The number of ether oxygens (including phenoxy) is 2. The number of carbonyl (C=O) groups excluding carboxylic acids is 2. The van der Waals surface area contributed by atoms with Crippen molar-refractivity contribution in [2.45, 2.75) is 11.3 Å². The average Bonchev–Trinajstić information content (AvgIpc) is 3.06. The van der Waals surface area contributed by atoms with Gasteiger partial charge in [-0.05, 0) is 30.3 Å². The summed E-state index contributed by atoms with van der Waals surface area (Å²) in [5, 5.41) is 0. The number of thioether (sulfide) groups is 1. The molecule has 8 nitrogen and oxygen atoms in total. The van der Waals surface area contributed by atoms with E-state index in [0.717, 1.165) is 15.9 Å². The van der Waals surface area contributed by atoms with Crippen LogP contribution in [0.15, 0.2) is 47.4 Å². The molecule has 0 radical (unpaired) electrons. The Morgan fingerprint density at radius 1 is 1.07 bits per heavy atom. The van der Waals surface area contributed by atoms with Gasteiger partial charge in [0, 0.05) is 11.9 Å². The number of aryl methyl sites for hydroxylation is 1. The summed E-state index contributed by atoms with van der Waals surface area (Å²) in [7, 11) is 1.86. The van der Waals surface area contributed by atoms with Gasteiger partial charge in [0.1, 0.15) is 19.0 Å². The number of hydrazine groups is 1. The zero-order valence-electron chi connectivity index (χ0n) is 15.8. The maximum absolute atomic E-state index is 12.2. The lowest BCUT2D eigenvalue weighted by atomic mass is 10.3. The number of aromatic nitrogens is 2. The predicted molar refractivity (Wildman–Crippen MR) is 109 cm³/mol. The Balaban J connectivity index is 1.26. The molecular formula is C20H20N4O4S. The van der Waals surface area contributed by atoms with E-state index >= 15 is 0 Å². The van der Waals surface area contributed by atoms with Gasteiger partial charge in [0.05, 0.1) is 23.2 Å². The molecule has 0 aliphatic carbocycles. The van der Waals surface area contributed by atoms with Crippen molar-refractivity contribution in [2.24, 2.45) is 7.05 Å². The molecule has 1 aliphatic rings. The van der Waals surface area contributed by atoms with Crippen LogP contribution < -0.4 is 20.3 Å². The Morgan fingerprint density at radius 2 is 1.83 bits per heavy atom. The number of rotatable bonds is 5. The van der Waals surface area contributed by atoms with Crippen LogP contribution in [-0.2, 0) is 23.1 Å². The zero-order chi connectivity index (χ0) is 20.2. The summed E-state index contributed by atoms with van der Waals surface area (Å²) in [5.74, 6) is 1.54. The van der Waals surface area contributed by atoms with E-state index in [9.17, 15) is 9.59 Å². The number of hydrogen-bond acceptors (Lipinski definition) is 6. The van der Waals surface area contributed by atoms with Crippen LogP contribution >= 0.6 is 11.8 Å². The fraction of sp³-hybridized carbons (Fsp3) is 0.250. The Bertz CT molecular complexity index is 1070. The molecule has 2 N–H and O–H groups in total. The van der Waals surface area contributed by atoms with Gasteiger partial charge in [0.25, 0.3) is 0 Å². The van der Waals surface area contributed by atoms with Gasteiger partial charge in [0.15, 0.2) is 11.5 Å². The third kappa shape index (κ3) is 4.45. The maximum atomic E-state index is 12.2. The first kappa shape index (κ1) is 19.1. The van der Waals surface area contributed by atoms with Crippen LogP contribution in [0.5, 0.6) is 11.5 Å². The Kier molecular flexibility index (Phi) is 5.57. The molecule has 0 saturated carbocycles. The van der Waals surface area contributed by atoms with E-state index in [4.69, 9.17) is 9.47 Å². The first-order chi connectivity index (χ1) is 14.1. The lowest BCUT2D eigenvalue weighted by Crippen LogP contribution is -2.43. The van der Waals surface area contributed by atoms with Crippen molar-refractivity contribution in [3.05, 3.63) is 48.3 Å². The third-order valence-electron chi connectivity index (χ3n) is 4.42. The molecule has 3 aromatic rings. The quantitative estimate of drug-likeness (QED) is 0.491. The van der Waals surface area contributed by atoms with Crippen LogP contribution in [0.4, 0.5) is 0 Å². The summed E-state index contributed by atoms with van der Waals surface area (Å²) in [4.78, 5) is 29.5. The van der Waals surface area contributed by atoms with E-state index in [1.165, 1.54) is 11.8 Å². The summed E-state index contributed by atoms with van der Waals surface area (Å²) in [5.41, 5.74) is 6.66. The summed E-state index contributed by atoms with van der Waals surface area (Å²) >= 11 is 1.35. The number of benzene rings is 2. The lowest BCUT2D eigenvalue weighted by molar-refractivity contribution is -0.127. The van der Waals surface area contributed by atoms with Gasteiger partial charge in [-0.2, -0.15) is 0 Å². The fourth-order valence-electron chi connectivity index (χ4n) is 2.98. The van der Waals surface area contributed by atoms with E-state index in [-0.39, 0.29) is 24.0 Å². The summed E-state index contributed by atoms with van der Waals surface area (Å²) < 4.78 is 12.9. The number of nitrogens with zero attached hydrogens (tertiary/aromatic N) is 2. The second-order valence-corrected chi connectivity index (χ2v) is 7.49. The monoisotopic (exact) mass is 412 g/mol. The van der Waals surface area contributed by atoms with Crippen LogP contribution in [0.1, 0.15) is 5.82 Å². The second kappa shape index (κ2) is 8.44. The van der Waals surface area contributed by atoms with Crippen molar-refractivity contribution in [2.75, 3.05) is 19.0 Å². The van der Waals surface area contributed by atoms with Crippen LogP contribution in [0.3, 0.4) is 0 Å². The molecule has 2 aromatic carbocycles. The van der Waals surface area contributed by atoms with Gasteiger partial charge in [-0.25, -0.2) is 4.98 Å². The van der Waals surface area contributed by atoms with Crippen molar-refractivity contribution in [3.8, 4) is 11.5 Å².